The van der Waals surface area contributed by atoms with Crippen molar-refractivity contribution in [3.8, 4) is 0 Å². The normalized spacial score (nSPS) is 9.85. The Morgan fingerprint density at radius 1 is 0.848 bits per heavy atom. The van der Waals surface area contributed by atoms with Gasteiger partial charge in [0.2, 0.25) is 6.20 Å². The maximum absolute atomic E-state index is 10.2. The third-order valence-electron chi connectivity index (χ3n) is 5.16. The van der Waals surface area contributed by atoms with Gasteiger partial charge in [-0.05, 0) is 19.1 Å². The highest BCUT2D eigenvalue weighted by atomic mass is 16.6. The Kier molecular flexibility index (Phi) is 26.4. The average Bonchev–Trinajstić information content (AvgIpc) is 3.16. The second kappa shape index (κ2) is 24.6. The lowest BCUT2D eigenvalue weighted by atomic mass is 10.1. The summed E-state index contributed by atoms with van der Waals surface area (Å²) >= 11 is 0. The monoisotopic (exact) mass is 458 g/mol. The molecular formula is C27H49BN3O2. The highest BCUT2D eigenvalue weighted by Crippen LogP contribution is 2.20. The SMILES string of the molecule is CCCCCCCC.CCCCCCCC.Cc1ccc2[nH]cc(/C=C\[N+](=O)[O-])c2c1.N.[B]. The summed E-state index contributed by atoms with van der Waals surface area (Å²) < 4.78 is 0. The number of unbranched alkanes of at least 4 members (excludes halogenated alkanes) is 10. The molecule has 2 aromatic rings. The van der Waals surface area contributed by atoms with Crippen LogP contribution in [0.25, 0.3) is 17.0 Å². The summed E-state index contributed by atoms with van der Waals surface area (Å²) in [6.45, 7) is 11.0. The number of hydrogen-bond acceptors (Lipinski definition) is 3. The number of nitrogens with zero attached hydrogens (tertiary/aromatic N) is 1. The van der Waals surface area contributed by atoms with Gasteiger partial charge >= 0.3 is 0 Å². The van der Waals surface area contributed by atoms with E-state index in [1.54, 1.807) is 6.20 Å². The number of fused-ring (bicyclic) bond motifs is 1. The second-order valence-corrected chi connectivity index (χ2v) is 8.22. The van der Waals surface area contributed by atoms with E-state index in [4.69, 9.17) is 0 Å². The summed E-state index contributed by atoms with van der Waals surface area (Å²) in [6, 6.07) is 5.97. The van der Waals surface area contributed by atoms with Gasteiger partial charge in [-0.25, -0.2) is 0 Å². The van der Waals surface area contributed by atoms with Gasteiger partial charge in [-0.2, -0.15) is 0 Å². The van der Waals surface area contributed by atoms with Crippen molar-refractivity contribution < 1.29 is 4.92 Å². The van der Waals surface area contributed by atoms with Crippen LogP contribution in [0.3, 0.4) is 0 Å². The van der Waals surface area contributed by atoms with E-state index in [1.807, 2.05) is 25.1 Å². The van der Waals surface area contributed by atoms with Crippen LogP contribution in [0.5, 0.6) is 0 Å². The van der Waals surface area contributed by atoms with E-state index in [-0.39, 0.29) is 14.6 Å². The van der Waals surface area contributed by atoms with E-state index in [0.717, 1.165) is 28.2 Å². The van der Waals surface area contributed by atoms with Crippen molar-refractivity contribution in [2.45, 2.75) is 112 Å². The predicted octanol–water partition coefficient (Wildman–Crippen LogP) is 9.24. The quantitative estimate of drug-likeness (QED) is 0.144. The number of benzene rings is 1. The number of hydrogen-bond donors (Lipinski definition) is 2. The molecule has 0 amide bonds. The fourth-order valence-electron chi connectivity index (χ4n) is 3.24. The molecule has 0 saturated carbocycles. The van der Waals surface area contributed by atoms with E-state index in [9.17, 15) is 10.1 Å². The molecule has 0 atom stereocenters. The van der Waals surface area contributed by atoms with Crippen LogP contribution >= 0.6 is 0 Å². The van der Waals surface area contributed by atoms with Gasteiger partial charge in [0, 0.05) is 37.2 Å². The lowest BCUT2D eigenvalue weighted by molar-refractivity contribution is -0.400. The summed E-state index contributed by atoms with van der Waals surface area (Å²) in [4.78, 5) is 12.8. The minimum atomic E-state index is -0.464. The van der Waals surface area contributed by atoms with Crippen molar-refractivity contribution in [1.82, 2.24) is 11.1 Å². The number of aryl methyl sites for hydroxylation is 1. The molecule has 0 aliphatic rings. The molecule has 0 aliphatic carbocycles. The molecule has 3 radical (unpaired) electrons. The Hall–Kier alpha value is -2.08. The van der Waals surface area contributed by atoms with E-state index >= 15 is 0 Å². The molecule has 0 aliphatic heterocycles. The van der Waals surface area contributed by atoms with Crippen molar-refractivity contribution in [3.05, 3.63) is 51.8 Å². The number of rotatable bonds is 12. The molecule has 2 rings (SSSR count). The van der Waals surface area contributed by atoms with Crippen molar-refractivity contribution in [3.63, 3.8) is 0 Å². The molecule has 187 valence electrons. The van der Waals surface area contributed by atoms with Gasteiger partial charge in [-0.1, -0.05) is 116 Å². The largest absolute Gasteiger partial charge is 0.361 e. The summed E-state index contributed by atoms with van der Waals surface area (Å²) in [5.41, 5.74) is 2.96. The zero-order valence-corrected chi connectivity index (χ0v) is 22.0. The third kappa shape index (κ3) is 19.1. The van der Waals surface area contributed by atoms with Gasteiger partial charge in [0.1, 0.15) is 0 Å². The van der Waals surface area contributed by atoms with Gasteiger partial charge in [0.15, 0.2) is 0 Å². The molecule has 0 fully saturated rings. The number of aromatic amines is 1. The first-order valence-corrected chi connectivity index (χ1v) is 12.4. The molecule has 33 heavy (non-hydrogen) atoms. The van der Waals surface area contributed by atoms with Crippen LogP contribution in [0, 0.1) is 17.0 Å². The molecule has 1 aromatic carbocycles. The molecule has 0 spiro atoms. The Morgan fingerprint density at radius 3 is 1.70 bits per heavy atom. The molecule has 5 nitrogen and oxygen atoms in total. The highest BCUT2D eigenvalue weighted by molar-refractivity contribution is 5.89. The first-order valence-electron chi connectivity index (χ1n) is 12.4. The zero-order chi connectivity index (χ0) is 23.3. The van der Waals surface area contributed by atoms with Crippen LogP contribution in [0.15, 0.2) is 30.6 Å². The van der Waals surface area contributed by atoms with Gasteiger partial charge in [0.05, 0.1) is 4.92 Å². The fraction of sp³-hybridized carbons (Fsp3) is 0.630. The Bertz CT molecular complexity index is 705. The first-order chi connectivity index (χ1) is 15.0. The topological polar surface area (TPSA) is 93.9 Å². The summed E-state index contributed by atoms with van der Waals surface area (Å²) in [5.74, 6) is 0. The van der Waals surface area contributed by atoms with E-state index in [1.165, 1.54) is 83.1 Å². The molecule has 1 aromatic heterocycles. The molecule has 0 bridgehead atoms. The zero-order valence-electron chi connectivity index (χ0n) is 22.0. The van der Waals surface area contributed by atoms with Crippen LogP contribution in [-0.2, 0) is 0 Å². The minimum absolute atomic E-state index is 0. The van der Waals surface area contributed by atoms with Crippen LogP contribution in [0.1, 0.15) is 116 Å². The Morgan fingerprint density at radius 2 is 1.30 bits per heavy atom. The minimum Gasteiger partial charge on any atom is -0.361 e. The summed E-state index contributed by atoms with van der Waals surface area (Å²) in [7, 11) is 0. The van der Waals surface area contributed by atoms with E-state index in [2.05, 4.69) is 32.7 Å². The molecule has 1 heterocycles. The molecule has 0 saturated heterocycles. The van der Waals surface area contributed by atoms with Crippen LogP contribution in [-0.4, -0.2) is 18.3 Å². The Balaban J connectivity index is -0.000000435. The average molecular weight is 459 g/mol. The van der Waals surface area contributed by atoms with Crippen molar-refractivity contribution in [2.24, 2.45) is 0 Å². The van der Waals surface area contributed by atoms with Crippen molar-refractivity contribution in [2.75, 3.05) is 0 Å². The number of H-pyrrole nitrogens is 1. The van der Waals surface area contributed by atoms with Gasteiger partial charge in [-0.3, -0.25) is 10.1 Å². The Labute approximate surface area is 205 Å². The standard InChI is InChI=1S/C11H10N2O2.2C8H18.B.H3N/c1-8-2-3-11-10(6-8)9(7-12-11)4-5-13(14)15;2*1-3-5-7-8-6-4-2;;/h2-7,12H,1H3;2*3-8H2,1-2H3;;1H3/b5-4-;;;;. The lowest BCUT2D eigenvalue weighted by Crippen LogP contribution is -1.81. The molecule has 0 unspecified atom stereocenters. The van der Waals surface area contributed by atoms with Crippen molar-refractivity contribution >= 4 is 25.4 Å². The third-order valence-corrected chi connectivity index (χ3v) is 5.16. The molecule has 6 heteroatoms. The lowest BCUT2D eigenvalue weighted by Gasteiger charge is -1.93. The van der Waals surface area contributed by atoms with Crippen LogP contribution in [0.2, 0.25) is 0 Å². The van der Waals surface area contributed by atoms with Gasteiger partial charge in [0.25, 0.3) is 0 Å². The van der Waals surface area contributed by atoms with Crippen LogP contribution in [0.4, 0.5) is 0 Å². The van der Waals surface area contributed by atoms with Gasteiger partial charge < -0.3 is 11.1 Å². The van der Waals surface area contributed by atoms with Crippen molar-refractivity contribution in [1.29, 1.82) is 0 Å². The first kappa shape index (κ1) is 35.5. The molecular weight excluding hydrogens is 409 g/mol. The number of aromatic nitrogens is 1. The predicted molar refractivity (Wildman–Crippen MR) is 148 cm³/mol. The van der Waals surface area contributed by atoms with Gasteiger partial charge in [-0.15, -0.1) is 0 Å². The highest BCUT2D eigenvalue weighted by Gasteiger charge is 2.01. The summed E-state index contributed by atoms with van der Waals surface area (Å²) in [6.07, 6.45) is 21.2. The maximum Gasteiger partial charge on any atom is 0.235 e. The molecule has 4 N–H and O–H groups in total. The fourth-order valence-corrected chi connectivity index (χ4v) is 3.24. The maximum atomic E-state index is 10.2. The number of nitro groups is 1. The van der Waals surface area contributed by atoms with E-state index < -0.39 is 4.92 Å². The van der Waals surface area contributed by atoms with Crippen LogP contribution < -0.4 is 6.15 Å². The number of nitrogens with one attached hydrogen (secondary N) is 1. The van der Waals surface area contributed by atoms with E-state index in [0.29, 0.717) is 0 Å². The second-order valence-electron chi connectivity index (χ2n) is 8.22. The smallest absolute Gasteiger partial charge is 0.235 e. The summed E-state index contributed by atoms with van der Waals surface area (Å²) in [5, 5.41) is 11.2.